The van der Waals surface area contributed by atoms with E-state index < -0.39 is 17.9 Å². The van der Waals surface area contributed by atoms with Crippen LogP contribution in [0.15, 0.2) is 24.3 Å². The number of amides is 2. The van der Waals surface area contributed by atoms with Crippen molar-refractivity contribution in [2.75, 3.05) is 13.7 Å². The Morgan fingerprint density at radius 1 is 1.16 bits per heavy atom. The highest BCUT2D eigenvalue weighted by molar-refractivity contribution is 5.88. The molecular formula is C18H26N2O5. The van der Waals surface area contributed by atoms with Gasteiger partial charge in [0.1, 0.15) is 6.04 Å². The molecule has 2 amide bonds. The molecule has 7 heteroatoms. The van der Waals surface area contributed by atoms with Crippen LogP contribution in [0, 0.1) is 5.92 Å². The summed E-state index contributed by atoms with van der Waals surface area (Å²) in [6.07, 6.45) is 0.473. The van der Waals surface area contributed by atoms with Crippen molar-refractivity contribution < 1.29 is 24.2 Å². The number of carbonyl (C=O) groups excluding carboxylic acids is 2. The van der Waals surface area contributed by atoms with Crippen LogP contribution in [0.5, 0.6) is 0 Å². The summed E-state index contributed by atoms with van der Waals surface area (Å²) < 4.78 is 5.05. The van der Waals surface area contributed by atoms with Gasteiger partial charge in [0.15, 0.2) is 0 Å². The van der Waals surface area contributed by atoms with Gasteiger partial charge >= 0.3 is 5.97 Å². The average molecular weight is 350 g/mol. The Labute approximate surface area is 147 Å². The van der Waals surface area contributed by atoms with Gasteiger partial charge in [-0.3, -0.25) is 9.59 Å². The van der Waals surface area contributed by atoms with Crippen molar-refractivity contribution in [3.8, 4) is 0 Å². The van der Waals surface area contributed by atoms with Crippen LogP contribution >= 0.6 is 0 Å². The van der Waals surface area contributed by atoms with Crippen molar-refractivity contribution in [2.45, 2.75) is 39.3 Å². The number of hydrogen-bond donors (Lipinski definition) is 3. The monoisotopic (exact) mass is 350 g/mol. The van der Waals surface area contributed by atoms with Crippen molar-refractivity contribution in [1.82, 2.24) is 10.6 Å². The van der Waals surface area contributed by atoms with Gasteiger partial charge in [-0.2, -0.15) is 0 Å². The summed E-state index contributed by atoms with van der Waals surface area (Å²) in [5.74, 6) is -1.77. The van der Waals surface area contributed by atoms with Crippen LogP contribution in [0.2, 0.25) is 0 Å². The third-order valence-corrected chi connectivity index (χ3v) is 3.45. The van der Waals surface area contributed by atoms with Crippen LogP contribution < -0.4 is 10.6 Å². The molecule has 1 aromatic rings. The van der Waals surface area contributed by atoms with Crippen molar-refractivity contribution in [1.29, 1.82) is 0 Å². The molecule has 3 N–H and O–H groups in total. The third kappa shape index (κ3) is 8.30. The zero-order valence-corrected chi connectivity index (χ0v) is 14.9. The van der Waals surface area contributed by atoms with E-state index in [1.54, 1.807) is 7.11 Å². The van der Waals surface area contributed by atoms with Crippen LogP contribution in [0.25, 0.3) is 0 Å². The predicted octanol–water partition coefficient (Wildman–Crippen LogP) is 1.11. The van der Waals surface area contributed by atoms with Gasteiger partial charge in [-0.1, -0.05) is 38.1 Å². The Balaban J connectivity index is 2.46. The number of nitrogens with one attached hydrogen (secondary N) is 2. The fourth-order valence-electron chi connectivity index (χ4n) is 2.36. The quantitative estimate of drug-likeness (QED) is 0.586. The fourth-order valence-corrected chi connectivity index (χ4v) is 2.36. The highest BCUT2D eigenvalue weighted by Crippen LogP contribution is 2.07. The number of carbonyl (C=O) groups is 3. The Morgan fingerprint density at radius 2 is 1.84 bits per heavy atom. The van der Waals surface area contributed by atoms with Crippen LogP contribution in [-0.2, 0) is 32.1 Å². The average Bonchev–Trinajstić information content (AvgIpc) is 2.52. The summed E-state index contributed by atoms with van der Waals surface area (Å²) in [5, 5.41) is 14.0. The summed E-state index contributed by atoms with van der Waals surface area (Å²) in [6, 6.07) is 6.48. The molecule has 0 saturated heterocycles. The van der Waals surface area contributed by atoms with Gasteiger partial charge in [0.25, 0.3) is 0 Å². The smallest absolute Gasteiger partial charge is 0.326 e. The van der Waals surface area contributed by atoms with Gasteiger partial charge in [-0.15, -0.1) is 0 Å². The number of ether oxygens (including phenoxy) is 1. The van der Waals surface area contributed by atoms with Crippen LogP contribution in [0.4, 0.5) is 0 Å². The first-order chi connectivity index (χ1) is 11.8. The minimum Gasteiger partial charge on any atom is -0.480 e. The lowest BCUT2D eigenvalue weighted by atomic mass is 10.0. The third-order valence-electron chi connectivity index (χ3n) is 3.45. The molecule has 0 spiro atoms. The van der Waals surface area contributed by atoms with Crippen LogP contribution in [0.3, 0.4) is 0 Å². The van der Waals surface area contributed by atoms with E-state index in [0.717, 1.165) is 11.1 Å². The van der Waals surface area contributed by atoms with E-state index >= 15 is 0 Å². The molecule has 0 saturated carbocycles. The standard InChI is InChI=1S/C18H26N2O5/c1-12(2)7-15(18(23)24)20-17(22)10-19-16(21)9-13-5-4-6-14(8-13)11-25-3/h4-6,8,12,15H,7,9-11H2,1-3H3,(H,19,21)(H,20,22)(H,23,24)/t15-/m0/s1. The Morgan fingerprint density at radius 3 is 2.44 bits per heavy atom. The van der Waals surface area contributed by atoms with E-state index in [1.807, 2.05) is 38.1 Å². The summed E-state index contributed by atoms with van der Waals surface area (Å²) in [7, 11) is 1.60. The first-order valence-corrected chi connectivity index (χ1v) is 8.17. The minimum absolute atomic E-state index is 0.135. The molecule has 0 aromatic heterocycles. The van der Waals surface area contributed by atoms with Crippen molar-refractivity contribution >= 4 is 17.8 Å². The molecule has 0 aliphatic carbocycles. The summed E-state index contributed by atoms with van der Waals surface area (Å²) in [6.45, 7) is 3.96. The zero-order chi connectivity index (χ0) is 18.8. The van der Waals surface area contributed by atoms with E-state index in [9.17, 15) is 14.4 Å². The van der Waals surface area contributed by atoms with Gasteiger partial charge < -0.3 is 20.5 Å². The molecule has 0 unspecified atom stereocenters. The topological polar surface area (TPSA) is 105 Å². The number of carboxylic acid groups (broad SMARTS) is 1. The van der Waals surface area contributed by atoms with Gasteiger partial charge in [-0.05, 0) is 23.5 Å². The molecule has 0 aliphatic rings. The first-order valence-electron chi connectivity index (χ1n) is 8.17. The highest BCUT2D eigenvalue weighted by Gasteiger charge is 2.21. The lowest BCUT2D eigenvalue weighted by Gasteiger charge is -2.16. The predicted molar refractivity (Wildman–Crippen MR) is 92.9 cm³/mol. The molecule has 7 nitrogen and oxygen atoms in total. The van der Waals surface area contributed by atoms with E-state index in [2.05, 4.69) is 10.6 Å². The maximum absolute atomic E-state index is 11.9. The summed E-state index contributed by atoms with van der Waals surface area (Å²) in [4.78, 5) is 34.9. The van der Waals surface area contributed by atoms with Crippen molar-refractivity contribution in [3.05, 3.63) is 35.4 Å². The number of aliphatic carboxylic acids is 1. The first kappa shape index (κ1) is 20.6. The second kappa shape index (κ2) is 10.5. The fraction of sp³-hybridized carbons (Fsp3) is 0.500. The minimum atomic E-state index is -1.08. The van der Waals surface area contributed by atoms with E-state index in [1.165, 1.54) is 0 Å². The normalized spacial score (nSPS) is 11.8. The molecule has 0 radical (unpaired) electrons. The maximum Gasteiger partial charge on any atom is 0.326 e. The van der Waals surface area contributed by atoms with Crippen LogP contribution in [-0.4, -0.2) is 42.6 Å². The number of benzene rings is 1. The molecule has 0 aliphatic heterocycles. The Kier molecular flexibility index (Phi) is 8.63. The molecule has 1 aromatic carbocycles. The number of hydrogen-bond acceptors (Lipinski definition) is 4. The number of carboxylic acids is 1. The summed E-state index contributed by atoms with van der Waals surface area (Å²) >= 11 is 0. The van der Waals surface area contributed by atoms with E-state index in [-0.39, 0.29) is 24.8 Å². The van der Waals surface area contributed by atoms with Crippen LogP contribution in [0.1, 0.15) is 31.4 Å². The number of methoxy groups -OCH3 is 1. The highest BCUT2D eigenvalue weighted by atomic mass is 16.5. The lowest BCUT2D eigenvalue weighted by Crippen LogP contribution is -2.46. The van der Waals surface area contributed by atoms with Gasteiger partial charge in [0.2, 0.25) is 11.8 Å². The van der Waals surface area contributed by atoms with Gasteiger partial charge in [0, 0.05) is 7.11 Å². The SMILES string of the molecule is COCc1cccc(CC(=O)NCC(=O)N[C@@H](CC(C)C)C(=O)O)c1. The molecule has 0 bridgehead atoms. The molecule has 1 rings (SSSR count). The zero-order valence-electron chi connectivity index (χ0n) is 14.9. The Hall–Kier alpha value is -2.41. The second-order valence-electron chi connectivity index (χ2n) is 6.29. The molecule has 25 heavy (non-hydrogen) atoms. The second-order valence-corrected chi connectivity index (χ2v) is 6.29. The molecule has 138 valence electrons. The van der Waals surface area contributed by atoms with Gasteiger partial charge in [0.05, 0.1) is 19.6 Å². The van der Waals surface area contributed by atoms with Crippen molar-refractivity contribution in [2.24, 2.45) is 5.92 Å². The van der Waals surface area contributed by atoms with Crippen molar-refractivity contribution in [3.63, 3.8) is 0 Å². The molecule has 1 atom stereocenters. The van der Waals surface area contributed by atoms with E-state index in [4.69, 9.17) is 9.84 Å². The molecule has 0 fully saturated rings. The molecule has 0 heterocycles. The number of rotatable bonds is 10. The van der Waals surface area contributed by atoms with E-state index in [0.29, 0.717) is 13.0 Å². The largest absolute Gasteiger partial charge is 0.480 e. The summed E-state index contributed by atoms with van der Waals surface area (Å²) in [5.41, 5.74) is 1.78. The lowest BCUT2D eigenvalue weighted by molar-refractivity contribution is -0.142. The maximum atomic E-state index is 11.9. The van der Waals surface area contributed by atoms with Gasteiger partial charge in [-0.25, -0.2) is 4.79 Å². The molecular weight excluding hydrogens is 324 g/mol. The Bertz CT molecular complexity index is 601.